The topological polar surface area (TPSA) is 26.3 Å². The highest BCUT2D eigenvalue weighted by atomic mass is 16.5. The normalized spacial score (nSPS) is 7.75. The summed E-state index contributed by atoms with van der Waals surface area (Å²) in [5, 5.41) is 0. The standard InChI is InChI=1S/C6H10O2/c1-3-6(5-7)8-4-2/h3-4H2,1-2H3. The third-order valence-electron chi connectivity index (χ3n) is 0.754. The molecule has 0 atom stereocenters. The Morgan fingerprint density at radius 2 is 2.25 bits per heavy atom. The molecule has 0 amide bonds. The van der Waals surface area contributed by atoms with Crippen molar-refractivity contribution in [3.05, 3.63) is 5.76 Å². The second kappa shape index (κ2) is 4.41. The van der Waals surface area contributed by atoms with Gasteiger partial charge >= 0.3 is 0 Å². The molecule has 0 heterocycles. The Bertz CT molecular complexity index is 101. The van der Waals surface area contributed by atoms with E-state index in [0.717, 1.165) is 0 Å². The molecule has 0 saturated carbocycles. The molecular formula is C6H10O2. The monoisotopic (exact) mass is 114 g/mol. The van der Waals surface area contributed by atoms with E-state index in [1.54, 1.807) is 5.94 Å². The lowest BCUT2D eigenvalue weighted by molar-refractivity contribution is 0.224. The number of carbonyl (C=O) groups excluding carboxylic acids is 1. The van der Waals surface area contributed by atoms with Crippen molar-refractivity contribution in [1.82, 2.24) is 0 Å². The summed E-state index contributed by atoms with van der Waals surface area (Å²) in [7, 11) is 0. The van der Waals surface area contributed by atoms with Crippen LogP contribution < -0.4 is 0 Å². The van der Waals surface area contributed by atoms with E-state index >= 15 is 0 Å². The van der Waals surface area contributed by atoms with E-state index in [4.69, 9.17) is 4.74 Å². The van der Waals surface area contributed by atoms with E-state index in [1.165, 1.54) is 0 Å². The molecule has 0 aromatic rings. The van der Waals surface area contributed by atoms with Gasteiger partial charge in [-0.25, -0.2) is 4.79 Å². The Morgan fingerprint density at radius 3 is 2.38 bits per heavy atom. The fourth-order valence-corrected chi connectivity index (χ4v) is 0.378. The maximum atomic E-state index is 9.84. The molecule has 0 saturated heterocycles. The highest BCUT2D eigenvalue weighted by molar-refractivity contribution is 5.48. The van der Waals surface area contributed by atoms with Gasteiger partial charge in [0.2, 0.25) is 0 Å². The third kappa shape index (κ3) is 2.43. The molecule has 0 aliphatic heterocycles. The number of rotatable bonds is 3. The van der Waals surface area contributed by atoms with Crippen molar-refractivity contribution < 1.29 is 9.53 Å². The number of hydrogen-bond donors (Lipinski definition) is 0. The largest absolute Gasteiger partial charge is 0.487 e. The molecule has 2 heteroatoms. The van der Waals surface area contributed by atoms with Gasteiger partial charge < -0.3 is 4.74 Å². The summed E-state index contributed by atoms with van der Waals surface area (Å²) in [6, 6.07) is 0. The fourth-order valence-electron chi connectivity index (χ4n) is 0.378. The Balaban J connectivity index is 3.55. The van der Waals surface area contributed by atoms with Crippen molar-refractivity contribution in [3.63, 3.8) is 0 Å². The first-order valence-electron chi connectivity index (χ1n) is 2.71. The van der Waals surface area contributed by atoms with E-state index in [-0.39, 0.29) is 0 Å². The van der Waals surface area contributed by atoms with Gasteiger partial charge in [0.1, 0.15) is 0 Å². The molecule has 0 aliphatic rings. The lowest BCUT2D eigenvalue weighted by Crippen LogP contribution is -1.89. The first kappa shape index (κ1) is 7.25. The molecule has 0 aliphatic carbocycles. The lowest BCUT2D eigenvalue weighted by Gasteiger charge is -1.97. The van der Waals surface area contributed by atoms with Gasteiger partial charge in [-0.3, -0.25) is 0 Å². The summed E-state index contributed by atoms with van der Waals surface area (Å²) in [6.07, 6.45) is 0.636. The van der Waals surface area contributed by atoms with Gasteiger partial charge in [0.15, 0.2) is 11.7 Å². The smallest absolute Gasteiger partial charge is 0.179 e. The quantitative estimate of drug-likeness (QED) is 0.406. The molecule has 0 radical (unpaired) electrons. The average Bonchev–Trinajstić information content (AvgIpc) is 1.83. The van der Waals surface area contributed by atoms with Gasteiger partial charge in [0.25, 0.3) is 0 Å². The zero-order valence-electron chi connectivity index (χ0n) is 5.23. The molecule has 0 rings (SSSR count). The average molecular weight is 114 g/mol. The predicted molar refractivity (Wildman–Crippen MR) is 31.1 cm³/mol. The summed E-state index contributed by atoms with van der Waals surface area (Å²) >= 11 is 0. The van der Waals surface area contributed by atoms with Crippen LogP contribution in [-0.2, 0) is 9.53 Å². The Hall–Kier alpha value is -0.750. The predicted octanol–water partition coefficient (Wildman–Crippen LogP) is 1.15. The van der Waals surface area contributed by atoms with Crippen LogP contribution in [0.3, 0.4) is 0 Å². The van der Waals surface area contributed by atoms with Gasteiger partial charge in [-0.1, -0.05) is 6.92 Å². The Labute approximate surface area is 49.1 Å². The lowest BCUT2D eigenvalue weighted by atomic mass is 10.4. The van der Waals surface area contributed by atoms with Crippen molar-refractivity contribution in [2.45, 2.75) is 20.3 Å². The molecule has 0 aromatic heterocycles. The van der Waals surface area contributed by atoms with Gasteiger partial charge in [0, 0.05) is 6.42 Å². The van der Waals surface area contributed by atoms with Crippen molar-refractivity contribution in [1.29, 1.82) is 0 Å². The number of hydrogen-bond acceptors (Lipinski definition) is 2. The number of allylic oxidation sites excluding steroid dienone is 1. The molecule has 0 spiro atoms. The molecule has 8 heavy (non-hydrogen) atoms. The molecular weight excluding hydrogens is 104 g/mol. The molecule has 0 unspecified atom stereocenters. The van der Waals surface area contributed by atoms with Crippen molar-refractivity contribution in [2.24, 2.45) is 0 Å². The van der Waals surface area contributed by atoms with E-state index in [2.05, 4.69) is 0 Å². The van der Waals surface area contributed by atoms with Crippen LogP contribution in [0.25, 0.3) is 0 Å². The van der Waals surface area contributed by atoms with Crippen LogP contribution in [0.5, 0.6) is 0 Å². The summed E-state index contributed by atoms with van der Waals surface area (Å²) in [5.74, 6) is 2.11. The van der Waals surface area contributed by atoms with Gasteiger partial charge in [0.05, 0.1) is 6.61 Å². The SMILES string of the molecule is CCOC(=C=O)CC. The van der Waals surface area contributed by atoms with Crippen LogP contribution in [0.1, 0.15) is 20.3 Å². The highest BCUT2D eigenvalue weighted by Crippen LogP contribution is 1.94. The van der Waals surface area contributed by atoms with Crippen LogP contribution in [0, 0.1) is 0 Å². The van der Waals surface area contributed by atoms with E-state index in [9.17, 15) is 4.79 Å². The highest BCUT2D eigenvalue weighted by Gasteiger charge is 1.89. The van der Waals surface area contributed by atoms with Crippen molar-refractivity contribution >= 4 is 5.94 Å². The minimum absolute atomic E-state index is 0.410. The molecule has 2 nitrogen and oxygen atoms in total. The molecule has 0 aromatic carbocycles. The molecule has 0 fully saturated rings. The Morgan fingerprint density at radius 1 is 1.62 bits per heavy atom. The minimum Gasteiger partial charge on any atom is -0.487 e. The van der Waals surface area contributed by atoms with Gasteiger partial charge in [-0.15, -0.1) is 0 Å². The maximum absolute atomic E-state index is 9.84. The maximum Gasteiger partial charge on any atom is 0.179 e. The van der Waals surface area contributed by atoms with Crippen molar-refractivity contribution in [3.8, 4) is 0 Å². The van der Waals surface area contributed by atoms with Gasteiger partial charge in [-0.05, 0) is 6.92 Å². The summed E-state index contributed by atoms with van der Waals surface area (Å²) < 4.78 is 4.83. The van der Waals surface area contributed by atoms with Crippen LogP contribution in [0.2, 0.25) is 0 Å². The van der Waals surface area contributed by atoms with Crippen molar-refractivity contribution in [2.75, 3.05) is 6.61 Å². The first-order chi connectivity index (χ1) is 3.85. The molecule has 0 N–H and O–H groups in total. The van der Waals surface area contributed by atoms with E-state index < -0.39 is 0 Å². The third-order valence-corrected chi connectivity index (χ3v) is 0.754. The van der Waals surface area contributed by atoms with E-state index in [1.807, 2.05) is 13.8 Å². The summed E-state index contributed by atoms with van der Waals surface area (Å²) in [4.78, 5) is 9.84. The zero-order chi connectivity index (χ0) is 6.41. The minimum atomic E-state index is 0.410. The summed E-state index contributed by atoms with van der Waals surface area (Å²) in [5.41, 5.74) is 0. The second-order valence-electron chi connectivity index (χ2n) is 1.31. The second-order valence-corrected chi connectivity index (χ2v) is 1.31. The zero-order valence-corrected chi connectivity index (χ0v) is 5.23. The first-order valence-corrected chi connectivity index (χ1v) is 2.71. The van der Waals surface area contributed by atoms with Crippen LogP contribution in [-0.4, -0.2) is 12.5 Å². The molecule has 0 bridgehead atoms. The van der Waals surface area contributed by atoms with E-state index in [0.29, 0.717) is 18.8 Å². The number of ether oxygens (including phenoxy) is 1. The van der Waals surface area contributed by atoms with Crippen LogP contribution in [0.4, 0.5) is 0 Å². The Kier molecular flexibility index (Phi) is 4.00. The van der Waals surface area contributed by atoms with Crippen LogP contribution >= 0.6 is 0 Å². The summed E-state index contributed by atoms with van der Waals surface area (Å²) in [6.45, 7) is 4.25. The molecule has 46 valence electrons. The van der Waals surface area contributed by atoms with Gasteiger partial charge in [-0.2, -0.15) is 0 Å². The van der Waals surface area contributed by atoms with Crippen LogP contribution in [0.15, 0.2) is 5.76 Å². The fraction of sp³-hybridized carbons (Fsp3) is 0.667.